The summed E-state index contributed by atoms with van der Waals surface area (Å²) in [6.45, 7) is 11.7. The smallest absolute Gasteiger partial charge is 0.334 e. The molecule has 3 rings (SSSR count). The van der Waals surface area contributed by atoms with E-state index in [-0.39, 0.29) is 17.6 Å². The molecule has 0 amide bonds. The van der Waals surface area contributed by atoms with Crippen molar-refractivity contribution < 1.29 is 23.8 Å². The predicted octanol–water partition coefficient (Wildman–Crippen LogP) is 3.25. The highest BCUT2D eigenvalue weighted by Gasteiger charge is 2.63. The molecule has 3 aliphatic rings. The highest BCUT2D eigenvalue weighted by Crippen LogP contribution is 2.50. The van der Waals surface area contributed by atoms with Gasteiger partial charge in [0.25, 0.3) is 0 Å². The second-order valence-electron chi connectivity index (χ2n) is 7.76. The van der Waals surface area contributed by atoms with E-state index in [0.29, 0.717) is 12.0 Å². The average Bonchev–Trinajstić information content (AvgIpc) is 3.06. The monoisotopic (exact) mass is 346 g/mol. The van der Waals surface area contributed by atoms with Crippen LogP contribution in [0.4, 0.5) is 0 Å². The van der Waals surface area contributed by atoms with Crippen molar-refractivity contribution in [2.75, 3.05) is 0 Å². The number of carbonyl (C=O) groups is 2. The van der Waals surface area contributed by atoms with Crippen LogP contribution in [0.2, 0.25) is 0 Å². The summed E-state index contributed by atoms with van der Waals surface area (Å²) in [7, 11) is 0. The summed E-state index contributed by atoms with van der Waals surface area (Å²) >= 11 is 0. The first-order chi connectivity index (χ1) is 11.7. The Morgan fingerprint density at radius 2 is 2.16 bits per heavy atom. The zero-order chi connectivity index (χ0) is 18.4. The Morgan fingerprint density at radius 3 is 2.84 bits per heavy atom. The highest BCUT2D eigenvalue weighted by molar-refractivity contribution is 5.91. The summed E-state index contributed by atoms with van der Waals surface area (Å²) in [6.07, 6.45) is 4.84. The van der Waals surface area contributed by atoms with Crippen LogP contribution in [0.3, 0.4) is 0 Å². The van der Waals surface area contributed by atoms with Crippen molar-refractivity contribution in [1.29, 1.82) is 0 Å². The minimum atomic E-state index is -0.491. The molecule has 0 saturated carbocycles. The number of fused-ring (bicyclic) bond motifs is 3. The second kappa shape index (κ2) is 6.45. The molecule has 0 unspecified atom stereocenters. The molecule has 0 N–H and O–H groups in total. The van der Waals surface area contributed by atoms with E-state index in [9.17, 15) is 9.59 Å². The Balaban J connectivity index is 1.93. The van der Waals surface area contributed by atoms with E-state index >= 15 is 0 Å². The zero-order valence-electron chi connectivity index (χ0n) is 15.3. The number of hydrogen-bond donors (Lipinski definition) is 0. The first-order valence-electron chi connectivity index (χ1n) is 8.80. The van der Waals surface area contributed by atoms with E-state index in [1.54, 1.807) is 0 Å². The minimum absolute atomic E-state index is 0.169. The number of epoxide rings is 1. The molecule has 5 heteroatoms. The van der Waals surface area contributed by atoms with Gasteiger partial charge in [-0.1, -0.05) is 23.8 Å². The van der Waals surface area contributed by atoms with Gasteiger partial charge in [-0.15, -0.1) is 0 Å². The van der Waals surface area contributed by atoms with Gasteiger partial charge in [0.1, 0.15) is 18.3 Å². The van der Waals surface area contributed by atoms with E-state index in [0.717, 1.165) is 24.0 Å². The van der Waals surface area contributed by atoms with Gasteiger partial charge in [-0.2, -0.15) is 0 Å². The van der Waals surface area contributed by atoms with Crippen LogP contribution in [0.25, 0.3) is 0 Å². The third-order valence-corrected chi connectivity index (χ3v) is 5.23. The Hall–Kier alpha value is -1.88. The van der Waals surface area contributed by atoms with Crippen LogP contribution in [-0.4, -0.2) is 35.9 Å². The van der Waals surface area contributed by atoms with Gasteiger partial charge < -0.3 is 14.2 Å². The molecule has 5 nitrogen and oxygen atoms in total. The Labute approximate surface area is 148 Å². The number of esters is 2. The van der Waals surface area contributed by atoms with E-state index in [1.807, 2.05) is 27.7 Å². The summed E-state index contributed by atoms with van der Waals surface area (Å²) < 4.78 is 17.2. The molecule has 0 aromatic carbocycles. The van der Waals surface area contributed by atoms with Gasteiger partial charge >= 0.3 is 11.9 Å². The molecule has 2 aliphatic heterocycles. The standard InChI is InChI=1S/C20H26O5/c1-11(2)9-15(21)23-14-10-12(3)7-6-8-20(5)18(25-20)17-16(14)13(4)19(22)24-17/h7,9,14,16-18H,4,6,8,10H2,1-3,5H3/b12-7+/t14-,16+,17+,18-,20-/m0/s1. The van der Waals surface area contributed by atoms with Crippen LogP contribution in [-0.2, 0) is 23.8 Å². The summed E-state index contributed by atoms with van der Waals surface area (Å²) in [6, 6.07) is 0. The maximum absolute atomic E-state index is 12.2. The van der Waals surface area contributed by atoms with Gasteiger partial charge in [-0.3, -0.25) is 0 Å². The first kappa shape index (κ1) is 17.9. The lowest BCUT2D eigenvalue weighted by atomic mass is 9.82. The molecule has 1 aliphatic carbocycles. The molecular weight excluding hydrogens is 320 g/mol. The topological polar surface area (TPSA) is 65.1 Å². The van der Waals surface area contributed by atoms with Gasteiger partial charge in [-0.25, -0.2) is 9.59 Å². The summed E-state index contributed by atoms with van der Waals surface area (Å²) in [5.41, 5.74) is 2.07. The third-order valence-electron chi connectivity index (χ3n) is 5.23. The number of ether oxygens (including phenoxy) is 3. The summed E-state index contributed by atoms with van der Waals surface area (Å²) in [5.74, 6) is -1.20. The Bertz CT molecular complexity index is 670. The maximum Gasteiger partial charge on any atom is 0.334 e. The number of hydrogen-bond acceptors (Lipinski definition) is 5. The highest BCUT2D eigenvalue weighted by atomic mass is 16.6. The van der Waals surface area contributed by atoms with E-state index in [1.165, 1.54) is 6.08 Å². The molecule has 0 aromatic rings. The van der Waals surface area contributed by atoms with Gasteiger partial charge in [0, 0.05) is 18.1 Å². The van der Waals surface area contributed by atoms with Gasteiger partial charge in [-0.05, 0) is 40.5 Å². The number of carbonyl (C=O) groups excluding carboxylic acids is 2. The van der Waals surface area contributed by atoms with Crippen molar-refractivity contribution in [3.05, 3.63) is 35.5 Å². The molecule has 2 saturated heterocycles. The van der Waals surface area contributed by atoms with Crippen molar-refractivity contribution in [3.8, 4) is 0 Å². The van der Waals surface area contributed by atoms with E-state index in [4.69, 9.17) is 14.2 Å². The molecule has 5 atom stereocenters. The fourth-order valence-electron chi connectivity index (χ4n) is 3.83. The molecule has 0 radical (unpaired) electrons. The van der Waals surface area contributed by atoms with Crippen molar-refractivity contribution in [1.82, 2.24) is 0 Å². The van der Waals surface area contributed by atoms with E-state index in [2.05, 4.69) is 12.7 Å². The summed E-state index contributed by atoms with van der Waals surface area (Å²) in [5, 5.41) is 0. The molecule has 136 valence electrons. The molecule has 0 aromatic heterocycles. The molecule has 2 heterocycles. The molecule has 25 heavy (non-hydrogen) atoms. The molecular formula is C20H26O5. The van der Waals surface area contributed by atoms with Gasteiger partial charge in [0.2, 0.25) is 0 Å². The lowest BCUT2D eigenvalue weighted by Crippen LogP contribution is -2.38. The molecule has 0 bridgehead atoms. The minimum Gasteiger partial charge on any atom is -0.458 e. The van der Waals surface area contributed by atoms with Crippen LogP contribution in [0.15, 0.2) is 35.5 Å². The van der Waals surface area contributed by atoms with Gasteiger partial charge in [0.15, 0.2) is 0 Å². The van der Waals surface area contributed by atoms with Crippen molar-refractivity contribution in [2.24, 2.45) is 5.92 Å². The van der Waals surface area contributed by atoms with E-state index < -0.39 is 24.1 Å². The van der Waals surface area contributed by atoms with Crippen molar-refractivity contribution >= 4 is 11.9 Å². The normalized spacial score (nSPS) is 39.3. The van der Waals surface area contributed by atoms with Crippen LogP contribution in [0.5, 0.6) is 0 Å². The first-order valence-corrected chi connectivity index (χ1v) is 8.80. The molecule has 0 spiro atoms. The quantitative estimate of drug-likeness (QED) is 0.332. The SMILES string of the molecule is C=C1C(=O)O[C@@H]2[C@H]1[C@@H](OC(=O)C=C(C)C)C/C(C)=C/CC[C@]1(C)O[C@@H]21. The third kappa shape index (κ3) is 3.56. The van der Waals surface area contributed by atoms with Crippen LogP contribution >= 0.6 is 0 Å². The lowest BCUT2D eigenvalue weighted by molar-refractivity contribution is -0.147. The van der Waals surface area contributed by atoms with Crippen LogP contribution in [0.1, 0.15) is 47.0 Å². The largest absolute Gasteiger partial charge is 0.458 e. The van der Waals surface area contributed by atoms with Crippen molar-refractivity contribution in [3.63, 3.8) is 0 Å². The van der Waals surface area contributed by atoms with Crippen LogP contribution in [0, 0.1) is 5.92 Å². The Morgan fingerprint density at radius 1 is 1.44 bits per heavy atom. The number of allylic oxidation sites excluding steroid dienone is 2. The predicted molar refractivity (Wildman–Crippen MR) is 92.7 cm³/mol. The average molecular weight is 346 g/mol. The number of rotatable bonds is 2. The second-order valence-corrected chi connectivity index (χ2v) is 7.76. The lowest BCUT2D eigenvalue weighted by Gasteiger charge is -2.27. The zero-order valence-corrected chi connectivity index (χ0v) is 15.3. The Kier molecular flexibility index (Phi) is 4.62. The molecule has 2 fully saturated rings. The maximum atomic E-state index is 12.2. The fourth-order valence-corrected chi connectivity index (χ4v) is 3.83. The van der Waals surface area contributed by atoms with Crippen molar-refractivity contribution in [2.45, 2.75) is 70.9 Å². The fraction of sp³-hybridized carbons (Fsp3) is 0.600. The van der Waals surface area contributed by atoms with Gasteiger partial charge in [0.05, 0.1) is 11.5 Å². The van der Waals surface area contributed by atoms with Crippen LogP contribution < -0.4 is 0 Å². The summed E-state index contributed by atoms with van der Waals surface area (Å²) in [4.78, 5) is 24.4.